The van der Waals surface area contributed by atoms with Gasteiger partial charge in [-0.05, 0) is 43.6 Å². The summed E-state index contributed by atoms with van der Waals surface area (Å²) in [5.41, 5.74) is 1.14. The molecule has 0 fully saturated rings. The van der Waals surface area contributed by atoms with Crippen LogP contribution in [0.25, 0.3) is 0 Å². The molecule has 90 valence electrons. The van der Waals surface area contributed by atoms with E-state index in [0.29, 0.717) is 13.1 Å². The summed E-state index contributed by atoms with van der Waals surface area (Å²) >= 11 is 0. The van der Waals surface area contributed by atoms with Gasteiger partial charge in [0, 0.05) is 18.8 Å². The molecule has 0 bridgehead atoms. The summed E-state index contributed by atoms with van der Waals surface area (Å²) in [5.74, 6) is 0. The van der Waals surface area contributed by atoms with Crippen molar-refractivity contribution >= 4 is 0 Å². The lowest BCUT2D eigenvalue weighted by atomic mass is 10.2. The van der Waals surface area contributed by atoms with E-state index in [9.17, 15) is 13.2 Å². The SMILES string of the molecule is FC(F)(F)CCCNCCc1ccncc1. The first-order valence-electron chi connectivity index (χ1n) is 5.24. The molecule has 0 atom stereocenters. The highest BCUT2D eigenvalue weighted by Crippen LogP contribution is 2.20. The molecule has 0 unspecified atom stereocenters. The Morgan fingerprint density at radius 3 is 2.44 bits per heavy atom. The fourth-order valence-electron chi connectivity index (χ4n) is 1.32. The lowest BCUT2D eigenvalue weighted by molar-refractivity contribution is -0.135. The van der Waals surface area contributed by atoms with Crippen LogP contribution in [-0.2, 0) is 6.42 Å². The van der Waals surface area contributed by atoms with E-state index >= 15 is 0 Å². The van der Waals surface area contributed by atoms with Crippen molar-refractivity contribution < 1.29 is 13.2 Å². The van der Waals surface area contributed by atoms with Gasteiger partial charge in [0.05, 0.1) is 0 Å². The topological polar surface area (TPSA) is 24.9 Å². The molecule has 0 saturated carbocycles. The first-order chi connectivity index (χ1) is 7.58. The smallest absolute Gasteiger partial charge is 0.316 e. The van der Waals surface area contributed by atoms with Gasteiger partial charge < -0.3 is 5.32 Å². The maximum absolute atomic E-state index is 11.8. The number of nitrogens with one attached hydrogen (secondary N) is 1. The minimum Gasteiger partial charge on any atom is -0.316 e. The van der Waals surface area contributed by atoms with E-state index in [2.05, 4.69) is 10.3 Å². The maximum atomic E-state index is 11.8. The van der Waals surface area contributed by atoms with Crippen molar-refractivity contribution in [1.82, 2.24) is 10.3 Å². The molecule has 1 rings (SSSR count). The van der Waals surface area contributed by atoms with Crippen LogP contribution in [-0.4, -0.2) is 24.2 Å². The number of pyridine rings is 1. The summed E-state index contributed by atoms with van der Waals surface area (Å²) in [4.78, 5) is 3.88. The predicted octanol–water partition coefficient (Wildman–Crippen LogP) is 2.56. The van der Waals surface area contributed by atoms with Crippen LogP contribution >= 0.6 is 0 Å². The summed E-state index contributed by atoms with van der Waals surface area (Å²) in [6.07, 6.45) is -0.381. The zero-order valence-electron chi connectivity index (χ0n) is 8.93. The van der Waals surface area contributed by atoms with E-state index in [1.807, 2.05) is 12.1 Å². The van der Waals surface area contributed by atoms with Gasteiger partial charge in [0.2, 0.25) is 0 Å². The average molecular weight is 232 g/mol. The molecule has 2 nitrogen and oxygen atoms in total. The van der Waals surface area contributed by atoms with Crippen LogP contribution in [0.5, 0.6) is 0 Å². The monoisotopic (exact) mass is 232 g/mol. The average Bonchev–Trinajstić information content (AvgIpc) is 2.23. The molecule has 0 saturated heterocycles. The van der Waals surface area contributed by atoms with Gasteiger partial charge in [-0.1, -0.05) is 0 Å². The summed E-state index contributed by atoms with van der Waals surface area (Å²) in [6, 6.07) is 3.80. The summed E-state index contributed by atoms with van der Waals surface area (Å²) in [6.45, 7) is 1.10. The Balaban J connectivity index is 2.01. The minimum absolute atomic E-state index is 0.139. The summed E-state index contributed by atoms with van der Waals surface area (Å²) < 4.78 is 35.4. The number of nitrogens with zero attached hydrogens (tertiary/aromatic N) is 1. The molecule has 0 spiro atoms. The van der Waals surface area contributed by atoms with Crippen LogP contribution in [0.4, 0.5) is 13.2 Å². The summed E-state index contributed by atoms with van der Waals surface area (Å²) in [7, 11) is 0. The minimum atomic E-state index is -4.03. The molecule has 0 aliphatic carbocycles. The van der Waals surface area contributed by atoms with E-state index in [1.54, 1.807) is 12.4 Å². The Morgan fingerprint density at radius 1 is 1.12 bits per heavy atom. The number of hydrogen-bond acceptors (Lipinski definition) is 2. The fourth-order valence-corrected chi connectivity index (χ4v) is 1.32. The van der Waals surface area contributed by atoms with Gasteiger partial charge in [-0.15, -0.1) is 0 Å². The van der Waals surface area contributed by atoms with Crippen LogP contribution in [0.1, 0.15) is 18.4 Å². The molecule has 1 N–H and O–H groups in total. The second kappa shape index (κ2) is 6.48. The van der Waals surface area contributed by atoms with Crippen molar-refractivity contribution in [3.8, 4) is 0 Å². The third kappa shape index (κ3) is 6.40. The molecule has 0 aliphatic heterocycles. The Bertz CT molecular complexity index is 285. The Labute approximate surface area is 92.9 Å². The van der Waals surface area contributed by atoms with Crippen LogP contribution in [0.2, 0.25) is 0 Å². The molecule has 1 aromatic rings. The van der Waals surface area contributed by atoms with Gasteiger partial charge >= 0.3 is 6.18 Å². The van der Waals surface area contributed by atoms with Gasteiger partial charge in [0.1, 0.15) is 0 Å². The van der Waals surface area contributed by atoms with E-state index in [4.69, 9.17) is 0 Å². The lowest BCUT2D eigenvalue weighted by Gasteiger charge is -2.07. The van der Waals surface area contributed by atoms with Crippen LogP contribution in [0, 0.1) is 0 Å². The van der Waals surface area contributed by atoms with Crippen molar-refractivity contribution in [1.29, 1.82) is 0 Å². The van der Waals surface area contributed by atoms with Gasteiger partial charge in [-0.2, -0.15) is 13.2 Å². The molecule has 5 heteroatoms. The largest absolute Gasteiger partial charge is 0.389 e. The Hall–Kier alpha value is -1.10. The molecule has 0 aromatic carbocycles. The fraction of sp³-hybridized carbons (Fsp3) is 0.545. The molecule has 0 aliphatic rings. The second-order valence-corrected chi connectivity index (χ2v) is 3.57. The normalized spacial score (nSPS) is 11.7. The van der Waals surface area contributed by atoms with E-state index < -0.39 is 12.6 Å². The van der Waals surface area contributed by atoms with Crippen molar-refractivity contribution in [3.05, 3.63) is 30.1 Å². The van der Waals surface area contributed by atoms with Crippen LogP contribution < -0.4 is 5.32 Å². The first kappa shape index (κ1) is 13.0. The van der Waals surface area contributed by atoms with Crippen molar-refractivity contribution in [2.24, 2.45) is 0 Å². The van der Waals surface area contributed by atoms with Crippen molar-refractivity contribution in [3.63, 3.8) is 0 Å². The zero-order valence-corrected chi connectivity index (χ0v) is 8.93. The lowest BCUT2D eigenvalue weighted by Crippen LogP contribution is -2.20. The molecule has 1 heterocycles. The molecular weight excluding hydrogens is 217 g/mol. The number of alkyl halides is 3. The van der Waals surface area contributed by atoms with E-state index in [1.165, 1.54) is 0 Å². The Kier molecular flexibility index (Phi) is 5.25. The second-order valence-electron chi connectivity index (χ2n) is 3.57. The number of rotatable bonds is 6. The van der Waals surface area contributed by atoms with Gasteiger partial charge in [-0.25, -0.2) is 0 Å². The highest BCUT2D eigenvalue weighted by molar-refractivity contribution is 5.09. The molecule has 0 amide bonds. The van der Waals surface area contributed by atoms with Crippen molar-refractivity contribution in [2.75, 3.05) is 13.1 Å². The number of hydrogen-bond donors (Lipinski definition) is 1. The molecule has 16 heavy (non-hydrogen) atoms. The highest BCUT2D eigenvalue weighted by atomic mass is 19.4. The van der Waals surface area contributed by atoms with E-state index in [0.717, 1.165) is 12.0 Å². The third-order valence-electron chi connectivity index (χ3n) is 2.15. The van der Waals surface area contributed by atoms with Crippen LogP contribution in [0.15, 0.2) is 24.5 Å². The highest BCUT2D eigenvalue weighted by Gasteiger charge is 2.25. The van der Waals surface area contributed by atoms with Crippen molar-refractivity contribution in [2.45, 2.75) is 25.4 Å². The molecule has 0 radical (unpaired) electrons. The number of aromatic nitrogens is 1. The van der Waals surface area contributed by atoms with Crippen LogP contribution in [0.3, 0.4) is 0 Å². The Morgan fingerprint density at radius 2 is 1.81 bits per heavy atom. The van der Waals surface area contributed by atoms with E-state index in [-0.39, 0.29) is 6.42 Å². The molecule has 1 aromatic heterocycles. The quantitative estimate of drug-likeness (QED) is 0.762. The first-order valence-corrected chi connectivity index (χ1v) is 5.24. The summed E-state index contributed by atoms with van der Waals surface area (Å²) in [5, 5.41) is 2.99. The van der Waals surface area contributed by atoms with Gasteiger partial charge in [0.25, 0.3) is 0 Å². The maximum Gasteiger partial charge on any atom is 0.389 e. The zero-order chi connectivity index (χ0) is 11.9. The van der Waals surface area contributed by atoms with Gasteiger partial charge in [-0.3, -0.25) is 4.98 Å². The third-order valence-corrected chi connectivity index (χ3v) is 2.15. The molecular formula is C11H15F3N2. The standard InChI is InChI=1S/C11H15F3N2/c12-11(13,14)5-1-6-15-7-2-10-3-8-16-9-4-10/h3-4,8-9,15H,1-2,5-7H2. The predicted molar refractivity (Wildman–Crippen MR) is 56.1 cm³/mol. The van der Waals surface area contributed by atoms with Gasteiger partial charge in [0.15, 0.2) is 0 Å². The number of halogens is 3.